The zero-order chi connectivity index (χ0) is 86.5. The van der Waals surface area contributed by atoms with Crippen LogP contribution < -0.4 is 0 Å². The normalized spacial score (nSPS) is 14.4. The predicted octanol–water partition coefficient (Wildman–Crippen LogP) is 29.7. The van der Waals surface area contributed by atoms with Gasteiger partial charge in [0.2, 0.25) is 0 Å². The highest BCUT2D eigenvalue weighted by Crippen LogP contribution is 2.45. The highest BCUT2D eigenvalue weighted by molar-refractivity contribution is 7.47. The van der Waals surface area contributed by atoms with Gasteiger partial charge in [0.15, 0.2) is 6.10 Å². The SMILES string of the molecule is CC/C=C\C/C=C\C/C=C\C/C=C\C/C=C\CCCCCCCCCCCCCCCCCCCCCC(=O)OCC(O)COP(=O)(O)OCC(O)COP(=O)(O)OCC(COC(=O)CCCCCCCCCCCCCCCCC/C=C\C/C=C\C/C=C\C/C=C\C/C=C\CC)OC(=O)CCCCCCCCC/C=C\C/C=C\C/C=C\CC. The molecule has 5 atom stereocenters. The van der Waals surface area contributed by atoms with Crippen LogP contribution >= 0.6 is 15.6 Å². The number of carbonyl (C=O) groups excluding carboxylic acids is 3. The van der Waals surface area contributed by atoms with E-state index < -0.39 is 91.5 Å². The molecule has 0 saturated heterocycles. The first-order valence-electron chi connectivity index (χ1n) is 47.8. The third-order valence-electron chi connectivity index (χ3n) is 20.2. The Kier molecular flexibility index (Phi) is 88.6. The Morgan fingerprint density at radius 3 is 0.664 bits per heavy atom. The van der Waals surface area contributed by atoms with Crippen molar-refractivity contribution in [3.05, 3.63) is 158 Å². The minimum atomic E-state index is -4.94. The summed E-state index contributed by atoms with van der Waals surface area (Å²) in [5.41, 5.74) is 0. The molecule has 684 valence electrons. The van der Waals surface area contributed by atoms with Gasteiger partial charge in [-0.1, -0.05) is 403 Å². The van der Waals surface area contributed by atoms with Crippen molar-refractivity contribution in [2.24, 2.45) is 0 Å². The summed E-state index contributed by atoms with van der Waals surface area (Å²) in [6.45, 7) is 2.39. The molecule has 0 radical (unpaired) electrons. The van der Waals surface area contributed by atoms with Gasteiger partial charge in [-0.3, -0.25) is 32.5 Å². The molecule has 119 heavy (non-hydrogen) atoms. The van der Waals surface area contributed by atoms with Crippen LogP contribution in [0.2, 0.25) is 0 Å². The van der Waals surface area contributed by atoms with E-state index in [2.05, 4.69) is 179 Å². The van der Waals surface area contributed by atoms with E-state index in [9.17, 15) is 43.5 Å². The molecule has 0 bridgehead atoms. The largest absolute Gasteiger partial charge is 0.472 e. The fraction of sp³-hybridized carbons (Fsp3) is 0.713. The van der Waals surface area contributed by atoms with Crippen molar-refractivity contribution in [2.45, 2.75) is 424 Å². The predicted molar refractivity (Wildman–Crippen MR) is 500 cm³/mol. The summed E-state index contributed by atoms with van der Waals surface area (Å²) in [4.78, 5) is 59.0. The number of carbonyl (C=O) groups is 3. The van der Waals surface area contributed by atoms with Crippen molar-refractivity contribution in [3.63, 3.8) is 0 Å². The zero-order valence-corrected chi connectivity index (χ0v) is 77.3. The maximum atomic E-state index is 13.0. The van der Waals surface area contributed by atoms with Gasteiger partial charge in [0.05, 0.1) is 26.4 Å². The van der Waals surface area contributed by atoms with Crippen LogP contribution in [-0.4, -0.2) is 95.9 Å². The van der Waals surface area contributed by atoms with Crippen LogP contribution in [0.4, 0.5) is 0 Å². The summed E-state index contributed by atoms with van der Waals surface area (Å²) in [6, 6.07) is 0. The standard InChI is InChI=1S/C101H174O16P2/c1-4-7-10-13-16-19-22-25-28-31-33-35-37-39-41-43-45-46-47-48-50-52-53-55-57-59-61-64-66-69-72-75-78-81-84-87-99(104)111-90-96(102)91-113-118(107,108)114-92-97(103)93-115-119(109,110)116-95-98(117-101(106)89-86-83-80-77-74-71-68-63-30-27-24-21-18-15-12-9-6-3)94-112-100(105)88-85-82-79-76-73-70-67-65-62-60-58-56-54-51-49-44-42-40-38-36-34-32-29-26-23-20-17-14-11-8-5-2/h7-12,16-21,25-30,33-36,39-42,96-98,102-103H,4-6,13-15,22-24,31-32,37-38,43-95H2,1-3H3,(H,107,108)(H,109,110)/b10-7-,11-8-,12-9-,19-16-,20-17-,21-18-,28-25-,29-26-,30-27-,35-33-,36-34-,41-39-,42-40-. The van der Waals surface area contributed by atoms with Gasteiger partial charge < -0.3 is 34.2 Å². The second kappa shape index (κ2) is 92.4. The fourth-order valence-electron chi connectivity index (χ4n) is 13.1. The maximum Gasteiger partial charge on any atom is 0.472 e. The molecule has 18 heteroatoms. The number of aliphatic hydroxyl groups excluding tert-OH is 2. The van der Waals surface area contributed by atoms with Gasteiger partial charge in [-0.05, 0) is 141 Å². The Morgan fingerprint density at radius 2 is 0.420 bits per heavy atom. The lowest BCUT2D eigenvalue weighted by molar-refractivity contribution is -0.161. The second-order valence-corrected chi connectivity index (χ2v) is 34.6. The molecule has 0 aromatic carbocycles. The van der Waals surface area contributed by atoms with Crippen LogP contribution in [0.5, 0.6) is 0 Å². The van der Waals surface area contributed by atoms with Gasteiger partial charge in [-0.2, -0.15) is 0 Å². The lowest BCUT2D eigenvalue weighted by Gasteiger charge is -2.21. The number of aliphatic hydroxyl groups is 2. The van der Waals surface area contributed by atoms with Gasteiger partial charge in [0.25, 0.3) is 0 Å². The van der Waals surface area contributed by atoms with Crippen molar-refractivity contribution in [1.29, 1.82) is 0 Å². The Hall–Kier alpha value is -4.83. The summed E-state index contributed by atoms with van der Waals surface area (Å²) in [5, 5.41) is 20.7. The Labute approximate surface area is 727 Å². The summed E-state index contributed by atoms with van der Waals surface area (Å²) < 4.78 is 61.5. The number of esters is 3. The molecule has 5 unspecified atom stereocenters. The van der Waals surface area contributed by atoms with Crippen molar-refractivity contribution in [1.82, 2.24) is 0 Å². The Bertz CT molecular complexity index is 2790. The van der Waals surface area contributed by atoms with Gasteiger partial charge >= 0.3 is 33.6 Å². The monoisotopic (exact) mass is 1710 g/mol. The first-order chi connectivity index (χ1) is 58.2. The van der Waals surface area contributed by atoms with E-state index >= 15 is 0 Å². The van der Waals surface area contributed by atoms with E-state index in [0.29, 0.717) is 19.3 Å². The molecule has 0 saturated carbocycles. The van der Waals surface area contributed by atoms with Gasteiger partial charge in [0.1, 0.15) is 25.4 Å². The van der Waals surface area contributed by atoms with Crippen LogP contribution in [0.25, 0.3) is 0 Å². The van der Waals surface area contributed by atoms with Crippen LogP contribution in [0.1, 0.15) is 406 Å². The van der Waals surface area contributed by atoms with Crippen LogP contribution in [0.3, 0.4) is 0 Å². The van der Waals surface area contributed by atoms with E-state index in [1.54, 1.807) is 0 Å². The van der Waals surface area contributed by atoms with Gasteiger partial charge in [-0.15, -0.1) is 0 Å². The van der Waals surface area contributed by atoms with Crippen LogP contribution in [0.15, 0.2) is 158 Å². The molecule has 0 aromatic heterocycles. The van der Waals surface area contributed by atoms with E-state index in [1.807, 2.05) is 0 Å². The number of ether oxygens (including phenoxy) is 3. The van der Waals surface area contributed by atoms with Crippen molar-refractivity contribution >= 4 is 33.6 Å². The smallest absolute Gasteiger partial charge is 0.463 e. The summed E-state index contributed by atoms with van der Waals surface area (Å²) in [7, 11) is -9.81. The Morgan fingerprint density at radius 1 is 0.235 bits per heavy atom. The number of phosphoric ester groups is 2. The minimum Gasteiger partial charge on any atom is -0.463 e. The average molecular weight is 1710 g/mol. The molecule has 0 amide bonds. The molecule has 4 N–H and O–H groups in total. The molecule has 0 fully saturated rings. The van der Waals surface area contributed by atoms with E-state index in [-0.39, 0.29) is 19.3 Å². The summed E-state index contributed by atoms with van der Waals surface area (Å²) >= 11 is 0. The molecule has 0 aliphatic heterocycles. The highest BCUT2D eigenvalue weighted by Gasteiger charge is 2.30. The van der Waals surface area contributed by atoms with Crippen LogP contribution in [0, 0.1) is 0 Å². The number of unbranched alkanes of at least 4 members (excludes halogenated alkanes) is 41. The first-order valence-corrected chi connectivity index (χ1v) is 50.8. The lowest BCUT2D eigenvalue weighted by atomic mass is 10.0. The molecule has 0 aromatic rings. The minimum absolute atomic E-state index is 0.0920. The van der Waals surface area contributed by atoms with E-state index in [1.165, 1.54) is 180 Å². The molecule has 16 nitrogen and oxygen atoms in total. The van der Waals surface area contributed by atoms with Gasteiger partial charge in [0, 0.05) is 19.3 Å². The molecule has 0 aliphatic carbocycles. The highest BCUT2D eigenvalue weighted by atomic mass is 31.2. The molecule has 0 heterocycles. The third-order valence-corrected chi connectivity index (χ3v) is 22.1. The van der Waals surface area contributed by atoms with Gasteiger partial charge in [-0.25, -0.2) is 9.13 Å². The molecular formula is C101H174O16P2. The average Bonchev–Trinajstić information content (AvgIpc) is 0.902. The first kappa shape index (κ1) is 114. The summed E-state index contributed by atoms with van der Waals surface area (Å²) in [6.07, 6.45) is 119. The topological polar surface area (TPSA) is 231 Å². The molecule has 0 spiro atoms. The molecule has 0 rings (SSSR count). The van der Waals surface area contributed by atoms with Crippen molar-refractivity contribution in [3.8, 4) is 0 Å². The number of rotatable bonds is 90. The van der Waals surface area contributed by atoms with Crippen LogP contribution in [-0.2, 0) is 55.8 Å². The Balaban J connectivity index is 4.45. The summed E-state index contributed by atoms with van der Waals surface area (Å²) in [5.74, 6) is -1.57. The lowest BCUT2D eigenvalue weighted by Crippen LogP contribution is -2.30. The van der Waals surface area contributed by atoms with E-state index in [0.717, 1.165) is 167 Å². The van der Waals surface area contributed by atoms with Crippen molar-refractivity contribution < 1.29 is 75.8 Å². The fourth-order valence-corrected chi connectivity index (χ4v) is 14.7. The van der Waals surface area contributed by atoms with E-state index in [4.69, 9.17) is 32.3 Å². The number of hydrogen-bond donors (Lipinski definition) is 4. The number of allylic oxidation sites excluding steroid dienone is 26. The number of phosphoric acid groups is 2. The molecular weight excluding hydrogens is 1530 g/mol. The second-order valence-electron chi connectivity index (χ2n) is 31.7. The quantitative estimate of drug-likeness (QED) is 0.0146. The van der Waals surface area contributed by atoms with Crippen molar-refractivity contribution in [2.75, 3.05) is 39.6 Å². The molecule has 0 aliphatic rings. The number of hydrogen-bond acceptors (Lipinski definition) is 14. The maximum absolute atomic E-state index is 13.0. The third kappa shape index (κ3) is 93.7. The zero-order valence-electron chi connectivity index (χ0n) is 75.5.